The van der Waals surface area contributed by atoms with Crippen LogP contribution in [0.4, 0.5) is 0 Å². The summed E-state index contributed by atoms with van der Waals surface area (Å²) in [6.45, 7) is 4.19. The lowest BCUT2D eigenvalue weighted by Gasteiger charge is -2.16. The van der Waals surface area contributed by atoms with E-state index in [-0.39, 0.29) is 6.04 Å². The number of aryl methyl sites for hydroxylation is 1. The third-order valence-electron chi connectivity index (χ3n) is 3.77. The highest BCUT2D eigenvalue weighted by atomic mass is 14.8. The number of nitrogens with two attached hydrogens (primary N) is 1. The second kappa shape index (κ2) is 5.02. The van der Waals surface area contributed by atoms with Gasteiger partial charge in [-0.2, -0.15) is 0 Å². The van der Waals surface area contributed by atoms with Crippen molar-refractivity contribution in [3.05, 3.63) is 71.0 Å². The molecule has 0 spiro atoms. The first-order valence-electron chi connectivity index (χ1n) is 6.70. The molecular weight excluding hydrogens is 246 g/mol. The van der Waals surface area contributed by atoms with Crippen LogP contribution >= 0.6 is 0 Å². The molecule has 0 amide bonds. The molecule has 3 nitrogen and oxygen atoms in total. The van der Waals surface area contributed by atoms with Crippen LogP contribution in [0.5, 0.6) is 0 Å². The molecule has 1 aromatic heterocycles. The second-order valence-electron chi connectivity index (χ2n) is 5.05. The van der Waals surface area contributed by atoms with Gasteiger partial charge >= 0.3 is 0 Å². The molecule has 0 saturated carbocycles. The van der Waals surface area contributed by atoms with Gasteiger partial charge in [-0.3, -0.25) is 4.98 Å². The van der Waals surface area contributed by atoms with Crippen molar-refractivity contribution in [1.82, 2.24) is 9.97 Å². The first-order valence-corrected chi connectivity index (χ1v) is 6.70. The first-order chi connectivity index (χ1) is 9.66. The maximum absolute atomic E-state index is 6.37. The molecule has 0 aliphatic carbocycles. The van der Waals surface area contributed by atoms with Crippen molar-refractivity contribution in [2.75, 3.05) is 0 Å². The largest absolute Gasteiger partial charge is 0.319 e. The van der Waals surface area contributed by atoms with Crippen LogP contribution in [0.15, 0.2) is 48.7 Å². The highest BCUT2D eigenvalue weighted by Gasteiger charge is 2.14. The first kappa shape index (κ1) is 12.8. The Morgan fingerprint density at radius 1 is 0.950 bits per heavy atom. The third kappa shape index (κ3) is 2.17. The Hall–Kier alpha value is -2.26. The molecule has 0 aliphatic heterocycles. The molecule has 1 unspecified atom stereocenters. The second-order valence-corrected chi connectivity index (χ2v) is 5.05. The minimum atomic E-state index is -0.244. The Morgan fingerprint density at radius 2 is 1.70 bits per heavy atom. The molecule has 1 heterocycles. The fourth-order valence-electron chi connectivity index (χ4n) is 2.39. The Bertz CT molecular complexity index is 765. The zero-order valence-corrected chi connectivity index (χ0v) is 11.7. The quantitative estimate of drug-likeness (QED) is 0.771. The van der Waals surface area contributed by atoms with Crippen LogP contribution in [0.3, 0.4) is 0 Å². The summed E-state index contributed by atoms with van der Waals surface area (Å²) >= 11 is 0. The van der Waals surface area contributed by atoms with Crippen LogP contribution in [-0.2, 0) is 0 Å². The Kier molecular flexibility index (Phi) is 3.20. The fourth-order valence-corrected chi connectivity index (χ4v) is 2.39. The van der Waals surface area contributed by atoms with Crippen molar-refractivity contribution in [3.63, 3.8) is 0 Å². The third-order valence-corrected chi connectivity index (χ3v) is 3.77. The Morgan fingerprint density at radius 3 is 2.50 bits per heavy atom. The molecule has 2 aromatic carbocycles. The predicted octanol–water partition coefficient (Wildman–Crippen LogP) is 3.29. The van der Waals surface area contributed by atoms with E-state index in [4.69, 9.17) is 5.73 Å². The molecule has 0 bridgehead atoms. The van der Waals surface area contributed by atoms with Gasteiger partial charge < -0.3 is 5.73 Å². The summed E-state index contributed by atoms with van der Waals surface area (Å²) < 4.78 is 0. The normalized spacial score (nSPS) is 12.6. The van der Waals surface area contributed by atoms with E-state index in [9.17, 15) is 0 Å². The van der Waals surface area contributed by atoms with Gasteiger partial charge in [-0.25, -0.2) is 4.98 Å². The van der Waals surface area contributed by atoms with Gasteiger partial charge in [0.2, 0.25) is 0 Å². The zero-order chi connectivity index (χ0) is 14.1. The number of para-hydroxylation sites is 2. The minimum absolute atomic E-state index is 0.244. The number of rotatable bonds is 2. The van der Waals surface area contributed by atoms with Gasteiger partial charge in [0.05, 0.1) is 29.0 Å². The predicted molar refractivity (Wildman–Crippen MR) is 81.5 cm³/mol. The maximum atomic E-state index is 6.37. The average molecular weight is 263 g/mol. The molecule has 3 aromatic rings. The Balaban J connectivity index is 2.08. The van der Waals surface area contributed by atoms with Gasteiger partial charge in [0.15, 0.2) is 0 Å². The van der Waals surface area contributed by atoms with E-state index < -0.39 is 0 Å². The van der Waals surface area contributed by atoms with Gasteiger partial charge in [-0.05, 0) is 42.7 Å². The van der Waals surface area contributed by atoms with Crippen LogP contribution in [0.1, 0.15) is 28.4 Å². The van der Waals surface area contributed by atoms with Crippen molar-refractivity contribution in [2.45, 2.75) is 19.9 Å². The molecule has 2 N–H and O–H groups in total. The zero-order valence-electron chi connectivity index (χ0n) is 11.7. The van der Waals surface area contributed by atoms with E-state index in [1.165, 1.54) is 11.1 Å². The van der Waals surface area contributed by atoms with Crippen molar-refractivity contribution < 1.29 is 0 Å². The molecule has 0 fully saturated rings. The molecular formula is C17H17N3. The lowest BCUT2D eigenvalue weighted by Crippen LogP contribution is -2.15. The molecule has 3 heteroatoms. The van der Waals surface area contributed by atoms with Gasteiger partial charge in [-0.15, -0.1) is 0 Å². The van der Waals surface area contributed by atoms with Crippen molar-refractivity contribution in [3.8, 4) is 0 Å². The van der Waals surface area contributed by atoms with Crippen molar-refractivity contribution >= 4 is 11.0 Å². The number of benzene rings is 2. The SMILES string of the molecule is Cc1cccc(C(N)c2cnc3ccccc3n2)c1C. The average Bonchev–Trinajstić information content (AvgIpc) is 2.49. The number of nitrogens with zero attached hydrogens (tertiary/aromatic N) is 2. The van der Waals surface area contributed by atoms with Gasteiger partial charge in [-0.1, -0.05) is 30.3 Å². The summed E-state index contributed by atoms with van der Waals surface area (Å²) in [7, 11) is 0. The minimum Gasteiger partial charge on any atom is -0.319 e. The summed E-state index contributed by atoms with van der Waals surface area (Å²) in [6.07, 6.45) is 1.77. The molecule has 100 valence electrons. The smallest absolute Gasteiger partial charge is 0.0890 e. The molecule has 3 rings (SSSR count). The standard InChI is InChI=1S/C17H17N3/c1-11-6-5-7-13(12(11)2)17(18)16-10-19-14-8-3-4-9-15(14)20-16/h3-10,17H,18H2,1-2H3. The highest BCUT2D eigenvalue weighted by molar-refractivity contribution is 5.73. The highest BCUT2D eigenvalue weighted by Crippen LogP contribution is 2.24. The topological polar surface area (TPSA) is 51.8 Å². The van der Waals surface area contributed by atoms with Crippen molar-refractivity contribution in [2.24, 2.45) is 5.73 Å². The maximum Gasteiger partial charge on any atom is 0.0890 e. The van der Waals surface area contributed by atoms with Crippen LogP contribution in [-0.4, -0.2) is 9.97 Å². The van der Waals surface area contributed by atoms with E-state index in [0.717, 1.165) is 22.3 Å². The molecule has 1 atom stereocenters. The lowest BCUT2D eigenvalue weighted by molar-refractivity contribution is 0.818. The monoisotopic (exact) mass is 263 g/mol. The molecule has 0 aliphatic rings. The van der Waals surface area contributed by atoms with Gasteiger partial charge in [0.25, 0.3) is 0 Å². The van der Waals surface area contributed by atoms with Gasteiger partial charge in [0.1, 0.15) is 0 Å². The molecule has 0 saturated heterocycles. The number of hydrogen-bond acceptors (Lipinski definition) is 3. The number of fused-ring (bicyclic) bond motifs is 1. The van der Waals surface area contributed by atoms with E-state index in [1.54, 1.807) is 6.20 Å². The van der Waals surface area contributed by atoms with Crippen LogP contribution in [0.2, 0.25) is 0 Å². The Labute approximate surface area is 118 Å². The summed E-state index contributed by atoms with van der Waals surface area (Å²) in [6, 6.07) is 13.8. The van der Waals surface area contributed by atoms with Gasteiger partial charge in [0, 0.05) is 0 Å². The fraction of sp³-hybridized carbons (Fsp3) is 0.176. The molecule has 20 heavy (non-hydrogen) atoms. The number of aromatic nitrogens is 2. The summed E-state index contributed by atoms with van der Waals surface area (Å²) in [5, 5.41) is 0. The van der Waals surface area contributed by atoms with E-state index >= 15 is 0 Å². The van der Waals surface area contributed by atoms with E-state index in [0.29, 0.717) is 0 Å². The van der Waals surface area contributed by atoms with E-state index in [1.807, 2.05) is 30.3 Å². The van der Waals surface area contributed by atoms with Crippen LogP contribution < -0.4 is 5.73 Å². The summed E-state index contributed by atoms with van der Waals surface area (Å²) in [5.74, 6) is 0. The summed E-state index contributed by atoms with van der Waals surface area (Å²) in [4.78, 5) is 9.07. The molecule has 0 radical (unpaired) electrons. The van der Waals surface area contributed by atoms with Crippen LogP contribution in [0.25, 0.3) is 11.0 Å². The summed E-state index contributed by atoms with van der Waals surface area (Å²) in [5.41, 5.74) is 12.5. The number of hydrogen-bond donors (Lipinski definition) is 1. The van der Waals surface area contributed by atoms with E-state index in [2.05, 4.69) is 35.9 Å². The lowest BCUT2D eigenvalue weighted by atomic mass is 9.96. The van der Waals surface area contributed by atoms with Crippen LogP contribution in [0, 0.1) is 13.8 Å². The van der Waals surface area contributed by atoms with Crippen molar-refractivity contribution in [1.29, 1.82) is 0 Å².